The molecule has 0 rings (SSSR count). The minimum absolute atomic E-state index is 0. The molecule has 0 aromatic carbocycles. The lowest BCUT2D eigenvalue weighted by molar-refractivity contribution is -0.114. The van der Waals surface area contributed by atoms with E-state index in [0.717, 1.165) is 11.7 Å². The molecule has 82 valence electrons. The largest absolute Gasteiger partial charge is 0.295 e. The minimum Gasteiger partial charge on any atom is -0.295 e. The summed E-state index contributed by atoms with van der Waals surface area (Å²) in [6.45, 7) is 8.28. The van der Waals surface area contributed by atoms with Gasteiger partial charge < -0.3 is 0 Å². The van der Waals surface area contributed by atoms with Gasteiger partial charge in [-0.25, -0.2) is 0 Å². The number of carbonyl (C=O) groups is 1. The third kappa shape index (κ3) is 33.3. The second-order valence-electron chi connectivity index (χ2n) is 3.63. The normalized spacial score (nSPS) is 8.92. The standard InChI is InChI=1S/C5H11OS.C5H12.CH4/c1-5(6)4-7(2)3;1-4-5(2)3;/h4H2,1-3H3;5H,4H2,1-3H3;1H4/q+1;;. The number of rotatable bonds is 3. The molecule has 0 saturated carbocycles. The maximum Gasteiger partial charge on any atom is 0.178 e. The van der Waals surface area contributed by atoms with Gasteiger partial charge in [-0.2, -0.15) is 0 Å². The van der Waals surface area contributed by atoms with Crippen LogP contribution in [0.2, 0.25) is 0 Å². The van der Waals surface area contributed by atoms with Crippen LogP contribution in [0, 0.1) is 5.92 Å². The van der Waals surface area contributed by atoms with Gasteiger partial charge in [-0.05, 0) is 23.7 Å². The molecule has 1 nitrogen and oxygen atoms in total. The zero-order chi connectivity index (χ0) is 10.1. The molecule has 0 radical (unpaired) electrons. The van der Waals surface area contributed by atoms with Gasteiger partial charge in [0.15, 0.2) is 11.5 Å². The van der Waals surface area contributed by atoms with E-state index >= 15 is 0 Å². The van der Waals surface area contributed by atoms with Crippen LogP contribution in [-0.4, -0.2) is 24.0 Å². The predicted molar refractivity (Wildman–Crippen MR) is 66.6 cm³/mol. The average molecular weight is 207 g/mol. The lowest BCUT2D eigenvalue weighted by Crippen LogP contribution is -2.09. The van der Waals surface area contributed by atoms with Gasteiger partial charge in [0.1, 0.15) is 0 Å². The monoisotopic (exact) mass is 207 g/mol. The van der Waals surface area contributed by atoms with Gasteiger partial charge in [-0.1, -0.05) is 34.6 Å². The van der Waals surface area contributed by atoms with E-state index in [-0.39, 0.29) is 7.43 Å². The first kappa shape index (κ1) is 18.7. The van der Waals surface area contributed by atoms with Crippen molar-refractivity contribution in [2.45, 2.75) is 41.5 Å². The van der Waals surface area contributed by atoms with Crippen molar-refractivity contribution >= 4 is 16.7 Å². The maximum absolute atomic E-state index is 10.3. The third-order valence-corrected chi connectivity index (χ3v) is 2.29. The lowest BCUT2D eigenvalue weighted by Gasteiger charge is -1.90. The van der Waals surface area contributed by atoms with Gasteiger partial charge in [0.25, 0.3) is 0 Å². The van der Waals surface area contributed by atoms with Crippen molar-refractivity contribution in [1.82, 2.24) is 0 Å². The molecule has 0 aliphatic rings. The van der Waals surface area contributed by atoms with Crippen LogP contribution in [0.5, 0.6) is 0 Å². The highest BCUT2D eigenvalue weighted by atomic mass is 32.2. The molecule has 0 heterocycles. The summed E-state index contributed by atoms with van der Waals surface area (Å²) in [7, 11) is 0.305. The molecule has 0 atom stereocenters. The van der Waals surface area contributed by atoms with Gasteiger partial charge in [0.05, 0.1) is 12.5 Å². The first-order valence-electron chi connectivity index (χ1n) is 4.43. The molecule has 0 aliphatic heterocycles. The molecule has 13 heavy (non-hydrogen) atoms. The Bertz CT molecular complexity index is 109. The molecule has 2 heteroatoms. The highest BCUT2D eigenvalue weighted by Crippen LogP contribution is 1.93. The van der Waals surface area contributed by atoms with Crippen LogP contribution in [0.3, 0.4) is 0 Å². The van der Waals surface area contributed by atoms with Gasteiger partial charge in [0, 0.05) is 0 Å². The molecule has 0 aliphatic carbocycles. The minimum atomic E-state index is 0. The molecule has 0 amide bonds. The summed E-state index contributed by atoms with van der Waals surface area (Å²) in [5.74, 6) is 1.93. The van der Waals surface area contributed by atoms with E-state index in [0.29, 0.717) is 16.7 Å². The number of Topliss-reactive ketones (excluding diaryl/α,β-unsaturated/α-hetero) is 1. The molecular formula is C11H27OS+. The van der Waals surface area contributed by atoms with Gasteiger partial charge >= 0.3 is 0 Å². The van der Waals surface area contributed by atoms with Crippen LogP contribution in [0.25, 0.3) is 0 Å². The first-order chi connectivity index (χ1) is 5.40. The number of carbonyl (C=O) groups excluding carboxylic acids is 1. The van der Waals surface area contributed by atoms with E-state index in [1.165, 1.54) is 6.42 Å². The van der Waals surface area contributed by atoms with E-state index < -0.39 is 0 Å². The summed E-state index contributed by atoms with van der Waals surface area (Å²) in [5.41, 5.74) is 0. The zero-order valence-corrected chi connectivity index (χ0v) is 10.1. The van der Waals surface area contributed by atoms with E-state index in [2.05, 4.69) is 33.3 Å². The number of hydrogen-bond donors (Lipinski definition) is 0. The Morgan fingerprint density at radius 3 is 1.62 bits per heavy atom. The Kier molecular flexibility index (Phi) is 17.3. The van der Waals surface area contributed by atoms with E-state index in [1.807, 2.05) is 0 Å². The first-order valence-corrected chi connectivity index (χ1v) is 6.64. The molecule has 0 spiro atoms. The van der Waals surface area contributed by atoms with Crippen molar-refractivity contribution in [1.29, 1.82) is 0 Å². The SMILES string of the molecule is C.CC(=O)C[S+](C)C.CCC(C)C. The Morgan fingerprint density at radius 1 is 1.31 bits per heavy atom. The van der Waals surface area contributed by atoms with Crippen molar-refractivity contribution < 1.29 is 4.79 Å². The average Bonchev–Trinajstić information content (AvgIpc) is 1.85. The van der Waals surface area contributed by atoms with Crippen molar-refractivity contribution in [2.75, 3.05) is 18.3 Å². The summed E-state index contributed by atoms with van der Waals surface area (Å²) in [5, 5.41) is 0. The van der Waals surface area contributed by atoms with Crippen molar-refractivity contribution in [2.24, 2.45) is 5.92 Å². The van der Waals surface area contributed by atoms with Crippen molar-refractivity contribution in [3.05, 3.63) is 0 Å². The topological polar surface area (TPSA) is 17.1 Å². The van der Waals surface area contributed by atoms with Crippen LogP contribution < -0.4 is 0 Å². The molecule has 0 aromatic heterocycles. The van der Waals surface area contributed by atoms with E-state index in [9.17, 15) is 4.79 Å². The third-order valence-electron chi connectivity index (χ3n) is 1.31. The second kappa shape index (κ2) is 12.0. The fraction of sp³-hybridized carbons (Fsp3) is 0.909. The molecule has 0 bridgehead atoms. The summed E-state index contributed by atoms with van der Waals surface area (Å²) >= 11 is 0. The number of ketones is 1. The summed E-state index contributed by atoms with van der Waals surface area (Å²) in [6, 6.07) is 0. The summed E-state index contributed by atoms with van der Waals surface area (Å²) in [4.78, 5) is 10.3. The van der Waals surface area contributed by atoms with Gasteiger partial charge in [0.2, 0.25) is 0 Å². The van der Waals surface area contributed by atoms with Crippen LogP contribution in [-0.2, 0) is 15.7 Å². The van der Waals surface area contributed by atoms with Crippen LogP contribution in [0.4, 0.5) is 0 Å². The summed E-state index contributed by atoms with van der Waals surface area (Å²) < 4.78 is 0. The van der Waals surface area contributed by atoms with Gasteiger partial charge in [-0.15, -0.1) is 0 Å². The van der Waals surface area contributed by atoms with E-state index in [4.69, 9.17) is 0 Å². The van der Waals surface area contributed by atoms with E-state index in [1.54, 1.807) is 6.92 Å². The molecule has 0 aromatic rings. The van der Waals surface area contributed by atoms with Crippen LogP contribution >= 0.6 is 0 Å². The highest BCUT2D eigenvalue weighted by molar-refractivity contribution is 7.96. The quantitative estimate of drug-likeness (QED) is 0.650. The Morgan fingerprint density at radius 2 is 1.62 bits per heavy atom. The Hall–Kier alpha value is 0.0200. The predicted octanol–water partition coefficient (Wildman–Crippen LogP) is 3.14. The second-order valence-corrected chi connectivity index (χ2v) is 5.89. The number of hydrogen-bond acceptors (Lipinski definition) is 1. The van der Waals surface area contributed by atoms with Crippen LogP contribution in [0.15, 0.2) is 0 Å². The molecular weight excluding hydrogens is 180 g/mol. The molecule has 0 N–H and O–H groups in total. The van der Waals surface area contributed by atoms with Crippen molar-refractivity contribution in [3.63, 3.8) is 0 Å². The zero-order valence-electron chi connectivity index (χ0n) is 9.31. The smallest absolute Gasteiger partial charge is 0.178 e. The maximum atomic E-state index is 10.3. The molecule has 0 saturated heterocycles. The fourth-order valence-corrected chi connectivity index (χ4v) is 1.22. The molecule has 0 fully saturated rings. The lowest BCUT2D eigenvalue weighted by atomic mass is 10.2. The van der Waals surface area contributed by atoms with Crippen LogP contribution in [0.1, 0.15) is 41.5 Å². The summed E-state index contributed by atoms with van der Waals surface area (Å²) in [6.07, 6.45) is 5.45. The Labute approximate surface area is 87.7 Å². The van der Waals surface area contributed by atoms with Crippen molar-refractivity contribution in [3.8, 4) is 0 Å². The van der Waals surface area contributed by atoms with Gasteiger partial charge in [-0.3, -0.25) is 4.79 Å². The highest BCUT2D eigenvalue weighted by Gasteiger charge is 2.03. The Balaban J connectivity index is -0.000000150. The fourth-order valence-electron chi connectivity index (χ4n) is 0.407. The molecule has 0 unspecified atom stereocenters.